The Kier molecular flexibility index (Phi) is 8.16. The van der Waals surface area contributed by atoms with Gasteiger partial charge in [0.15, 0.2) is 5.78 Å². The number of carbonyl (C=O) groups excluding carboxylic acids is 3. The number of Topliss-reactive ketones (excluding diaryl/α,β-unsaturated/α-hetero) is 1. The lowest BCUT2D eigenvalue weighted by Gasteiger charge is -2.31. The van der Waals surface area contributed by atoms with Crippen LogP contribution in [0.2, 0.25) is 0 Å². The molecule has 6 heteroatoms. The van der Waals surface area contributed by atoms with E-state index in [-0.39, 0.29) is 18.2 Å². The zero-order valence-corrected chi connectivity index (χ0v) is 22.0. The zero-order valence-electron chi connectivity index (χ0n) is 22.0. The summed E-state index contributed by atoms with van der Waals surface area (Å²) in [6.07, 6.45) is 1.60. The first-order chi connectivity index (χ1) is 19.6. The van der Waals surface area contributed by atoms with Crippen LogP contribution in [-0.4, -0.2) is 35.2 Å². The molecule has 2 N–H and O–H groups in total. The van der Waals surface area contributed by atoms with E-state index in [1.807, 2.05) is 97.1 Å². The van der Waals surface area contributed by atoms with Crippen LogP contribution in [0.15, 0.2) is 134 Å². The summed E-state index contributed by atoms with van der Waals surface area (Å²) >= 11 is 0. The Balaban J connectivity index is 1.72. The lowest BCUT2D eigenvalue weighted by molar-refractivity contribution is -0.125. The number of urea groups is 1. The molecule has 1 heterocycles. The summed E-state index contributed by atoms with van der Waals surface area (Å²) in [7, 11) is 0. The van der Waals surface area contributed by atoms with Crippen LogP contribution in [0.5, 0.6) is 0 Å². The van der Waals surface area contributed by atoms with E-state index in [2.05, 4.69) is 17.2 Å². The Labute approximate surface area is 234 Å². The largest absolute Gasteiger partial charge is 0.351 e. The van der Waals surface area contributed by atoms with Crippen molar-refractivity contribution in [3.8, 4) is 0 Å². The summed E-state index contributed by atoms with van der Waals surface area (Å²) in [6.45, 7) is 3.96. The Hall–Kier alpha value is -4.97. The van der Waals surface area contributed by atoms with Gasteiger partial charge in [0.1, 0.15) is 6.04 Å². The van der Waals surface area contributed by atoms with Crippen molar-refractivity contribution in [2.45, 2.75) is 18.0 Å². The van der Waals surface area contributed by atoms with Gasteiger partial charge >= 0.3 is 6.03 Å². The van der Waals surface area contributed by atoms with Gasteiger partial charge in [-0.1, -0.05) is 115 Å². The first-order valence-corrected chi connectivity index (χ1v) is 13.3. The smallest absolute Gasteiger partial charge is 0.323 e. The maximum Gasteiger partial charge on any atom is 0.323 e. The second kappa shape index (κ2) is 12.3. The van der Waals surface area contributed by atoms with Crippen molar-refractivity contribution in [2.75, 3.05) is 11.9 Å². The highest BCUT2D eigenvalue weighted by Crippen LogP contribution is 2.51. The molecule has 0 bridgehead atoms. The molecule has 1 fully saturated rings. The number of ketones is 1. The van der Waals surface area contributed by atoms with E-state index >= 15 is 0 Å². The zero-order chi connectivity index (χ0) is 27.9. The van der Waals surface area contributed by atoms with E-state index in [0.717, 1.165) is 11.1 Å². The van der Waals surface area contributed by atoms with E-state index in [1.54, 1.807) is 35.2 Å². The molecular weight excluding hydrogens is 498 g/mol. The van der Waals surface area contributed by atoms with Crippen LogP contribution in [0.25, 0.3) is 0 Å². The number of likely N-dealkylation sites (tertiary alicyclic amines) is 1. The number of amides is 3. The van der Waals surface area contributed by atoms with Crippen LogP contribution in [0.4, 0.5) is 10.5 Å². The molecule has 4 aromatic rings. The van der Waals surface area contributed by atoms with E-state index in [4.69, 9.17) is 0 Å². The number of carbonyl (C=O) groups is 3. The normalized spacial score (nSPS) is 19.9. The van der Waals surface area contributed by atoms with Crippen molar-refractivity contribution in [2.24, 2.45) is 5.92 Å². The van der Waals surface area contributed by atoms with E-state index in [0.29, 0.717) is 11.3 Å². The third-order valence-corrected chi connectivity index (χ3v) is 7.30. The number of hydrogen-bond acceptors (Lipinski definition) is 3. The number of nitrogens with zero attached hydrogens (tertiary/aromatic N) is 1. The molecule has 1 aliphatic rings. The van der Waals surface area contributed by atoms with Crippen molar-refractivity contribution in [1.82, 2.24) is 10.2 Å². The average Bonchev–Trinajstić information content (AvgIpc) is 3.38. The third kappa shape index (κ3) is 5.43. The van der Waals surface area contributed by atoms with Gasteiger partial charge in [-0.3, -0.25) is 9.59 Å². The molecule has 0 aliphatic carbocycles. The van der Waals surface area contributed by atoms with Crippen molar-refractivity contribution in [3.63, 3.8) is 0 Å². The summed E-state index contributed by atoms with van der Waals surface area (Å²) in [5, 5.41) is 5.88. The van der Waals surface area contributed by atoms with E-state index < -0.39 is 30.0 Å². The van der Waals surface area contributed by atoms with Gasteiger partial charge in [0, 0.05) is 23.7 Å². The second-order valence-electron chi connectivity index (χ2n) is 9.73. The van der Waals surface area contributed by atoms with Gasteiger partial charge in [-0.15, -0.1) is 6.58 Å². The predicted molar refractivity (Wildman–Crippen MR) is 157 cm³/mol. The Morgan fingerprint density at radius 3 is 1.82 bits per heavy atom. The fraction of sp³-hybridized carbons (Fsp3) is 0.147. The molecule has 6 nitrogen and oxygen atoms in total. The molecule has 1 saturated heterocycles. The fourth-order valence-corrected chi connectivity index (χ4v) is 5.63. The molecule has 4 atom stereocenters. The van der Waals surface area contributed by atoms with Crippen LogP contribution >= 0.6 is 0 Å². The summed E-state index contributed by atoms with van der Waals surface area (Å²) < 4.78 is 0. The van der Waals surface area contributed by atoms with Gasteiger partial charge in [0.05, 0.1) is 12.0 Å². The molecule has 3 amide bonds. The fourth-order valence-electron chi connectivity index (χ4n) is 5.63. The van der Waals surface area contributed by atoms with Crippen LogP contribution in [0, 0.1) is 5.92 Å². The van der Waals surface area contributed by atoms with Gasteiger partial charge in [-0.2, -0.15) is 0 Å². The lowest BCUT2D eigenvalue weighted by atomic mass is 9.76. The van der Waals surface area contributed by atoms with Gasteiger partial charge in [-0.25, -0.2) is 4.79 Å². The summed E-state index contributed by atoms with van der Waals surface area (Å²) in [5.74, 6) is -1.81. The maximum absolute atomic E-state index is 14.4. The number of anilines is 1. The van der Waals surface area contributed by atoms with Gasteiger partial charge in [-0.05, 0) is 23.3 Å². The number of rotatable bonds is 8. The Morgan fingerprint density at radius 1 is 0.725 bits per heavy atom. The molecule has 0 aromatic heterocycles. The Bertz CT molecular complexity index is 1460. The van der Waals surface area contributed by atoms with Crippen LogP contribution in [0.1, 0.15) is 33.4 Å². The Morgan fingerprint density at radius 2 is 1.25 bits per heavy atom. The minimum atomic E-state index is -0.964. The van der Waals surface area contributed by atoms with Crippen molar-refractivity contribution in [1.29, 1.82) is 0 Å². The molecule has 0 radical (unpaired) electrons. The number of para-hydroxylation sites is 1. The SMILES string of the molecule is C=CCNC(=O)C1C(c2ccccc2)C(C(=O)c2ccccc2)C(c2ccccc2)N1C(=O)Nc1ccccc1. The van der Waals surface area contributed by atoms with E-state index in [9.17, 15) is 14.4 Å². The molecule has 0 spiro atoms. The standard InChI is InChI=1S/C34H31N3O3/c1-2-23-35-33(39)31-28(24-15-7-3-8-16-24)29(32(38)26-19-11-5-12-20-26)30(25-17-9-4-10-18-25)37(31)34(40)36-27-21-13-6-14-22-27/h2-22,28-31H,1,23H2,(H,35,39)(H,36,40). The van der Waals surface area contributed by atoms with Gasteiger partial charge in [0.25, 0.3) is 0 Å². The summed E-state index contributed by atoms with van der Waals surface area (Å²) in [6, 6.07) is 35.1. The molecule has 1 aliphatic heterocycles. The quantitative estimate of drug-likeness (QED) is 0.210. The van der Waals surface area contributed by atoms with Gasteiger partial charge in [0.2, 0.25) is 5.91 Å². The second-order valence-corrected chi connectivity index (χ2v) is 9.73. The van der Waals surface area contributed by atoms with Crippen LogP contribution in [-0.2, 0) is 4.79 Å². The highest BCUT2D eigenvalue weighted by Gasteiger charge is 2.57. The molecule has 4 aromatic carbocycles. The minimum Gasteiger partial charge on any atom is -0.351 e. The van der Waals surface area contributed by atoms with Crippen molar-refractivity contribution >= 4 is 23.4 Å². The summed E-state index contributed by atoms with van der Waals surface area (Å²) in [4.78, 5) is 44.1. The minimum absolute atomic E-state index is 0.125. The van der Waals surface area contributed by atoms with Crippen molar-refractivity contribution in [3.05, 3.63) is 151 Å². The average molecular weight is 530 g/mol. The monoisotopic (exact) mass is 529 g/mol. The predicted octanol–water partition coefficient (Wildman–Crippen LogP) is 6.23. The molecule has 5 rings (SSSR count). The van der Waals surface area contributed by atoms with Crippen LogP contribution < -0.4 is 10.6 Å². The molecule has 200 valence electrons. The maximum atomic E-state index is 14.4. The number of benzene rings is 4. The van der Waals surface area contributed by atoms with E-state index in [1.165, 1.54) is 0 Å². The third-order valence-electron chi connectivity index (χ3n) is 7.30. The topological polar surface area (TPSA) is 78.5 Å². The molecular formula is C34H31N3O3. The first kappa shape index (κ1) is 26.6. The summed E-state index contributed by atoms with van der Waals surface area (Å²) in [5.41, 5.74) is 2.72. The molecule has 4 unspecified atom stereocenters. The highest BCUT2D eigenvalue weighted by atomic mass is 16.2. The lowest BCUT2D eigenvalue weighted by Crippen LogP contribution is -2.50. The van der Waals surface area contributed by atoms with Gasteiger partial charge < -0.3 is 15.5 Å². The van der Waals surface area contributed by atoms with Crippen LogP contribution in [0.3, 0.4) is 0 Å². The molecule has 40 heavy (non-hydrogen) atoms. The highest BCUT2D eigenvalue weighted by molar-refractivity contribution is 6.03. The number of hydrogen-bond donors (Lipinski definition) is 2. The molecule has 0 saturated carbocycles. The first-order valence-electron chi connectivity index (χ1n) is 13.3. The van der Waals surface area contributed by atoms with Crippen molar-refractivity contribution < 1.29 is 14.4 Å². The number of nitrogens with one attached hydrogen (secondary N) is 2.